The molecule has 3 aliphatic carbocycles. The van der Waals surface area contributed by atoms with Crippen molar-refractivity contribution in [1.82, 2.24) is 4.98 Å². The standard InChI is InChI=1S/C32H38F3N3/c1-20-7-6-8-23(16-26-9-4-5-10-27(20)26)17-29-28-13-11-24(18-30(28)37-19-36-29)21(2)15-25-12-14-31(32(33,34)35)38-22(25)3/h4-5,8-10,12,14,16,20-21,24,27-28H,6-7,11,13,15,17-19H2,1-3H3. The van der Waals surface area contributed by atoms with Crippen LogP contribution in [0.15, 0.2) is 69.7 Å². The molecule has 6 heteroatoms. The van der Waals surface area contributed by atoms with E-state index in [1.165, 1.54) is 29.0 Å². The molecule has 202 valence electrons. The van der Waals surface area contributed by atoms with Gasteiger partial charge in [0.25, 0.3) is 0 Å². The van der Waals surface area contributed by atoms with E-state index in [1.54, 1.807) is 13.0 Å². The Balaban J connectivity index is 1.23. The van der Waals surface area contributed by atoms with Crippen molar-refractivity contribution in [3.8, 4) is 0 Å². The van der Waals surface area contributed by atoms with Crippen LogP contribution in [0.3, 0.4) is 0 Å². The molecule has 1 fully saturated rings. The molecule has 5 unspecified atom stereocenters. The molecule has 0 spiro atoms. The van der Waals surface area contributed by atoms with Gasteiger partial charge in [0.15, 0.2) is 0 Å². The van der Waals surface area contributed by atoms with Crippen molar-refractivity contribution in [2.24, 2.45) is 39.6 Å². The third-order valence-corrected chi connectivity index (χ3v) is 8.96. The zero-order valence-electron chi connectivity index (χ0n) is 22.6. The molecular formula is C32H38F3N3. The predicted molar refractivity (Wildman–Crippen MR) is 148 cm³/mol. The van der Waals surface area contributed by atoms with Gasteiger partial charge in [0.2, 0.25) is 0 Å². The molecule has 0 aromatic carbocycles. The highest BCUT2D eigenvalue weighted by atomic mass is 19.4. The molecule has 3 nitrogen and oxygen atoms in total. The number of aliphatic imine (C=N–C) groups is 2. The lowest BCUT2D eigenvalue weighted by Crippen LogP contribution is -2.36. The van der Waals surface area contributed by atoms with Crippen molar-refractivity contribution >= 4 is 11.4 Å². The quantitative estimate of drug-likeness (QED) is 0.384. The van der Waals surface area contributed by atoms with Crippen LogP contribution in [0.1, 0.15) is 69.3 Å². The van der Waals surface area contributed by atoms with E-state index in [-0.39, 0.29) is 0 Å². The molecule has 5 rings (SSSR count). The van der Waals surface area contributed by atoms with Crippen molar-refractivity contribution < 1.29 is 13.2 Å². The van der Waals surface area contributed by atoms with Gasteiger partial charge in [-0.3, -0.25) is 9.98 Å². The number of aromatic nitrogens is 1. The SMILES string of the molecule is Cc1nc(C(F)(F)F)ccc1CC(C)C1CCC2C(CC3=CCCC(C)C4C=CC=CC4=C3)=NCN=C2C1. The van der Waals surface area contributed by atoms with Crippen molar-refractivity contribution in [2.75, 3.05) is 6.67 Å². The van der Waals surface area contributed by atoms with Crippen LogP contribution in [0, 0.1) is 36.5 Å². The van der Waals surface area contributed by atoms with Gasteiger partial charge in [-0.15, -0.1) is 0 Å². The first-order valence-corrected chi connectivity index (χ1v) is 14.0. The molecule has 4 aliphatic rings. The smallest absolute Gasteiger partial charge is 0.270 e. The molecule has 0 bridgehead atoms. The molecule has 0 N–H and O–H groups in total. The molecule has 0 amide bonds. The first-order chi connectivity index (χ1) is 18.2. The summed E-state index contributed by atoms with van der Waals surface area (Å²) < 4.78 is 39.1. The van der Waals surface area contributed by atoms with Crippen LogP contribution in [0.5, 0.6) is 0 Å². The average Bonchev–Trinajstić information content (AvgIpc) is 2.88. The number of fused-ring (bicyclic) bond motifs is 2. The Morgan fingerprint density at radius 3 is 2.71 bits per heavy atom. The number of nitrogens with zero attached hydrogens (tertiary/aromatic N) is 3. The molecule has 0 saturated heterocycles. The normalized spacial score (nSPS) is 28.2. The lowest BCUT2D eigenvalue weighted by Gasteiger charge is -2.36. The third kappa shape index (κ3) is 5.94. The first kappa shape index (κ1) is 26.8. The zero-order chi connectivity index (χ0) is 26.9. The first-order valence-electron chi connectivity index (χ1n) is 14.0. The summed E-state index contributed by atoms with van der Waals surface area (Å²) in [6.45, 7) is 6.76. The Hall–Kier alpha value is -2.76. The van der Waals surface area contributed by atoms with E-state index in [2.05, 4.69) is 55.3 Å². The van der Waals surface area contributed by atoms with Crippen LogP contribution >= 0.6 is 0 Å². The van der Waals surface area contributed by atoms with Crippen molar-refractivity contribution in [3.05, 3.63) is 76.7 Å². The fraction of sp³-hybridized carbons (Fsp3) is 0.531. The minimum Gasteiger partial charge on any atom is -0.270 e. The number of hydrogen-bond acceptors (Lipinski definition) is 3. The van der Waals surface area contributed by atoms with Crippen LogP contribution in [0.25, 0.3) is 0 Å². The van der Waals surface area contributed by atoms with Crippen LogP contribution in [-0.4, -0.2) is 23.1 Å². The minimum atomic E-state index is -4.40. The second kappa shape index (κ2) is 11.2. The molecule has 1 aromatic heterocycles. The van der Waals surface area contributed by atoms with E-state index in [4.69, 9.17) is 9.98 Å². The summed E-state index contributed by atoms with van der Waals surface area (Å²) in [5, 5.41) is 0. The fourth-order valence-corrected chi connectivity index (χ4v) is 6.61. The summed E-state index contributed by atoms with van der Waals surface area (Å²) in [5.41, 5.74) is 5.89. The Bertz CT molecular complexity index is 1230. The van der Waals surface area contributed by atoms with Crippen LogP contribution in [0.2, 0.25) is 0 Å². The monoisotopic (exact) mass is 521 g/mol. The van der Waals surface area contributed by atoms with Crippen LogP contribution in [-0.2, 0) is 12.6 Å². The van der Waals surface area contributed by atoms with Gasteiger partial charge in [-0.05, 0) is 86.0 Å². The van der Waals surface area contributed by atoms with Crippen molar-refractivity contribution in [2.45, 2.75) is 71.9 Å². The lowest BCUT2D eigenvalue weighted by molar-refractivity contribution is -0.141. The van der Waals surface area contributed by atoms with E-state index in [9.17, 15) is 13.2 Å². The average molecular weight is 522 g/mol. The Kier molecular flexibility index (Phi) is 7.88. The molecular weight excluding hydrogens is 483 g/mol. The lowest BCUT2D eigenvalue weighted by atomic mass is 9.71. The van der Waals surface area contributed by atoms with Crippen molar-refractivity contribution in [3.63, 3.8) is 0 Å². The van der Waals surface area contributed by atoms with Gasteiger partial charge in [0.1, 0.15) is 12.4 Å². The van der Waals surface area contributed by atoms with Crippen LogP contribution in [0.4, 0.5) is 13.2 Å². The van der Waals surface area contributed by atoms with Crippen molar-refractivity contribution in [1.29, 1.82) is 0 Å². The van der Waals surface area contributed by atoms with Crippen LogP contribution < -0.4 is 0 Å². The topological polar surface area (TPSA) is 37.6 Å². The van der Waals surface area contributed by atoms with Gasteiger partial charge in [0.05, 0.1) is 0 Å². The number of aryl methyl sites for hydroxylation is 1. The van der Waals surface area contributed by atoms with Gasteiger partial charge >= 0.3 is 6.18 Å². The zero-order valence-corrected chi connectivity index (χ0v) is 22.6. The number of rotatable bonds is 5. The van der Waals surface area contributed by atoms with E-state index < -0.39 is 11.9 Å². The highest BCUT2D eigenvalue weighted by Gasteiger charge is 2.35. The molecule has 1 saturated carbocycles. The van der Waals surface area contributed by atoms with E-state index in [0.717, 1.165) is 50.2 Å². The maximum absolute atomic E-state index is 13.0. The van der Waals surface area contributed by atoms with Gasteiger partial charge in [-0.1, -0.05) is 56.4 Å². The summed E-state index contributed by atoms with van der Waals surface area (Å²) in [7, 11) is 0. The van der Waals surface area contributed by atoms with Gasteiger partial charge < -0.3 is 0 Å². The largest absolute Gasteiger partial charge is 0.433 e. The number of halogens is 3. The minimum absolute atomic E-state index is 0.322. The number of allylic oxidation sites excluding steroid dienone is 8. The third-order valence-electron chi connectivity index (χ3n) is 8.96. The summed E-state index contributed by atoms with van der Waals surface area (Å²) in [5.74, 6) is 2.28. The van der Waals surface area contributed by atoms with E-state index in [1.807, 2.05) is 0 Å². The highest BCUT2D eigenvalue weighted by molar-refractivity contribution is 6.09. The summed E-state index contributed by atoms with van der Waals surface area (Å²) in [6, 6.07) is 2.72. The predicted octanol–water partition coefficient (Wildman–Crippen LogP) is 8.27. The number of pyridine rings is 1. The fourth-order valence-electron chi connectivity index (χ4n) is 6.61. The molecule has 38 heavy (non-hydrogen) atoms. The molecule has 1 aliphatic heterocycles. The highest BCUT2D eigenvalue weighted by Crippen LogP contribution is 2.38. The van der Waals surface area contributed by atoms with Gasteiger partial charge in [-0.2, -0.15) is 13.2 Å². The number of alkyl halides is 3. The Morgan fingerprint density at radius 1 is 1.08 bits per heavy atom. The maximum atomic E-state index is 13.0. The molecule has 1 aromatic rings. The number of hydrogen-bond donors (Lipinski definition) is 0. The van der Waals surface area contributed by atoms with Gasteiger partial charge in [-0.25, -0.2) is 4.98 Å². The molecule has 0 radical (unpaired) electrons. The second-order valence-corrected chi connectivity index (χ2v) is 11.6. The summed E-state index contributed by atoms with van der Waals surface area (Å²) >= 11 is 0. The Labute approximate surface area is 224 Å². The summed E-state index contributed by atoms with van der Waals surface area (Å²) in [4.78, 5) is 13.6. The maximum Gasteiger partial charge on any atom is 0.433 e. The summed E-state index contributed by atoms with van der Waals surface area (Å²) in [6.07, 6.45) is 16.3. The second-order valence-electron chi connectivity index (χ2n) is 11.6. The Morgan fingerprint density at radius 2 is 1.92 bits per heavy atom. The van der Waals surface area contributed by atoms with E-state index in [0.29, 0.717) is 42.0 Å². The molecule has 5 atom stereocenters. The van der Waals surface area contributed by atoms with E-state index >= 15 is 0 Å². The molecule has 2 heterocycles. The van der Waals surface area contributed by atoms with Gasteiger partial charge in [0, 0.05) is 35.4 Å².